The lowest BCUT2D eigenvalue weighted by molar-refractivity contribution is 0.792. The predicted octanol–water partition coefficient (Wildman–Crippen LogP) is 17.3. The summed E-state index contributed by atoms with van der Waals surface area (Å²) in [4.78, 5) is 2.60. The van der Waals surface area contributed by atoms with Gasteiger partial charge in [0.25, 0.3) is 0 Å². The molecule has 2 spiro atoms. The molecule has 0 atom stereocenters. The van der Waals surface area contributed by atoms with Crippen molar-refractivity contribution in [3.8, 4) is 44.5 Å². The molecule has 4 aliphatic rings. The number of rotatable bonds is 3. The summed E-state index contributed by atoms with van der Waals surface area (Å²) in [6.07, 6.45) is 0. The van der Waals surface area contributed by atoms with Gasteiger partial charge in [0.1, 0.15) is 0 Å². The average molecular weight is 872 g/mol. The third-order valence-electron chi connectivity index (χ3n) is 16.5. The fourth-order valence-electron chi connectivity index (χ4n) is 14.0. The molecule has 1 nitrogen and oxygen atoms in total. The van der Waals surface area contributed by atoms with E-state index in [9.17, 15) is 0 Å². The van der Waals surface area contributed by atoms with Crippen LogP contribution in [0.5, 0.6) is 0 Å². The minimum absolute atomic E-state index is 0.428. The lowest BCUT2D eigenvalue weighted by Crippen LogP contribution is -2.28. The molecule has 0 aliphatic heterocycles. The zero-order valence-electron chi connectivity index (χ0n) is 37.6. The summed E-state index contributed by atoms with van der Waals surface area (Å²) in [5.74, 6) is 0. The summed E-state index contributed by atoms with van der Waals surface area (Å²) in [6.45, 7) is 0. The highest BCUT2D eigenvalue weighted by atomic mass is 15.1. The molecule has 318 valence electrons. The molecule has 0 fully saturated rings. The Morgan fingerprint density at radius 2 is 0.551 bits per heavy atom. The summed E-state index contributed by atoms with van der Waals surface area (Å²) in [5.41, 5.74) is 23.6. The molecule has 0 aromatic heterocycles. The highest BCUT2D eigenvalue weighted by molar-refractivity contribution is 6.26. The Kier molecular flexibility index (Phi) is 7.27. The predicted molar refractivity (Wildman–Crippen MR) is 286 cm³/mol. The highest BCUT2D eigenvalue weighted by Crippen LogP contribution is 2.67. The van der Waals surface area contributed by atoms with Gasteiger partial charge in [0.05, 0.1) is 16.5 Å². The van der Waals surface area contributed by atoms with Crippen LogP contribution < -0.4 is 4.90 Å². The number of fused-ring (bicyclic) bond motifs is 26. The van der Waals surface area contributed by atoms with Crippen molar-refractivity contribution in [3.05, 3.63) is 293 Å². The van der Waals surface area contributed by atoms with Gasteiger partial charge in [-0.25, -0.2) is 0 Å². The second-order valence-electron chi connectivity index (χ2n) is 19.4. The van der Waals surface area contributed by atoms with Gasteiger partial charge in [0.15, 0.2) is 0 Å². The normalized spacial score (nSPS) is 14.3. The number of anilines is 3. The number of hydrogen-bond donors (Lipinski definition) is 0. The number of hydrogen-bond acceptors (Lipinski definition) is 1. The first-order valence-electron chi connectivity index (χ1n) is 24.3. The van der Waals surface area contributed by atoms with Crippen LogP contribution >= 0.6 is 0 Å². The van der Waals surface area contributed by atoms with Crippen molar-refractivity contribution < 1.29 is 0 Å². The van der Waals surface area contributed by atoms with Crippen LogP contribution in [0.25, 0.3) is 76.8 Å². The average Bonchev–Trinajstić information content (AvgIpc) is 4.10. The molecule has 0 N–H and O–H groups in total. The third kappa shape index (κ3) is 4.52. The van der Waals surface area contributed by atoms with Gasteiger partial charge in [-0.05, 0) is 146 Å². The van der Waals surface area contributed by atoms with Crippen LogP contribution in [0.1, 0.15) is 44.5 Å². The van der Waals surface area contributed by atoms with Gasteiger partial charge in [0, 0.05) is 16.9 Å². The van der Waals surface area contributed by atoms with Crippen LogP contribution in [0.3, 0.4) is 0 Å². The van der Waals surface area contributed by atoms with E-state index in [0.717, 1.165) is 11.4 Å². The van der Waals surface area contributed by atoms with Gasteiger partial charge in [0.2, 0.25) is 0 Å². The van der Waals surface area contributed by atoms with Crippen LogP contribution in [-0.2, 0) is 10.8 Å². The van der Waals surface area contributed by atoms with Crippen molar-refractivity contribution >= 4 is 49.4 Å². The van der Waals surface area contributed by atoms with E-state index >= 15 is 0 Å². The monoisotopic (exact) mass is 871 g/mol. The van der Waals surface area contributed by atoms with E-state index in [1.807, 2.05) is 0 Å². The summed E-state index contributed by atoms with van der Waals surface area (Å²) >= 11 is 0. The molecule has 12 aromatic rings. The Bertz CT molecular complexity index is 4080. The summed E-state index contributed by atoms with van der Waals surface area (Å²) in [6, 6.07) is 94.4. The Morgan fingerprint density at radius 3 is 1.04 bits per heavy atom. The maximum Gasteiger partial charge on any atom is 0.0746 e. The summed E-state index contributed by atoms with van der Waals surface area (Å²) < 4.78 is 0. The smallest absolute Gasteiger partial charge is 0.0746 e. The van der Waals surface area contributed by atoms with E-state index < -0.39 is 10.8 Å². The molecule has 0 saturated carbocycles. The highest BCUT2D eigenvalue weighted by Gasteiger charge is 2.54. The molecule has 69 heavy (non-hydrogen) atoms. The second-order valence-corrected chi connectivity index (χ2v) is 19.4. The van der Waals surface area contributed by atoms with Gasteiger partial charge in [-0.3, -0.25) is 0 Å². The maximum absolute atomic E-state index is 2.60. The molecular formula is C68H41N. The summed E-state index contributed by atoms with van der Waals surface area (Å²) in [7, 11) is 0. The lowest BCUT2D eigenvalue weighted by atomic mass is 9.70. The van der Waals surface area contributed by atoms with E-state index in [4.69, 9.17) is 0 Å². The van der Waals surface area contributed by atoms with Crippen molar-refractivity contribution in [2.45, 2.75) is 10.8 Å². The molecule has 1 heteroatoms. The molecule has 0 unspecified atom stereocenters. The molecule has 16 rings (SSSR count). The van der Waals surface area contributed by atoms with Gasteiger partial charge < -0.3 is 4.90 Å². The van der Waals surface area contributed by atoms with Gasteiger partial charge in [-0.1, -0.05) is 218 Å². The van der Waals surface area contributed by atoms with E-state index in [2.05, 4.69) is 254 Å². The summed E-state index contributed by atoms with van der Waals surface area (Å²) in [5, 5.41) is 7.60. The zero-order chi connectivity index (χ0) is 45.0. The van der Waals surface area contributed by atoms with Gasteiger partial charge >= 0.3 is 0 Å². The lowest BCUT2D eigenvalue weighted by Gasteiger charge is -2.36. The first kappa shape index (κ1) is 37.3. The third-order valence-corrected chi connectivity index (χ3v) is 16.5. The van der Waals surface area contributed by atoms with Crippen molar-refractivity contribution in [3.63, 3.8) is 0 Å². The molecule has 0 bridgehead atoms. The fourth-order valence-corrected chi connectivity index (χ4v) is 14.0. The minimum atomic E-state index is -0.543. The van der Waals surface area contributed by atoms with E-state index in [1.165, 1.54) is 127 Å². The molecule has 0 radical (unpaired) electrons. The van der Waals surface area contributed by atoms with Crippen LogP contribution in [0.4, 0.5) is 17.1 Å². The molecule has 0 saturated heterocycles. The molecule has 0 heterocycles. The Labute approximate surface area is 400 Å². The van der Waals surface area contributed by atoms with Crippen molar-refractivity contribution in [2.24, 2.45) is 0 Å². The number of nitrogens with zero attached hydrogens (tertiary/aromatic N) is 1. The van der Waals surface area contributed by atoms with Gasteiger partial charge in [-0.15, -0.1) is 0 Å². The van der Waals surface area contributed by atoms with Crippen LogP contribution in [0, 0.1) is 0 Å². The standard InChI is InChI=1S/C68H41N/c1-2-20-46-44(18-1)45-19-3-4-21-47(45)56-40-42(36-38-48(46)56)69(43-37-39-64-57(41-43)54-27-10-13-31-60(54)67(64)58-29-11-5-22-49(58)50-23-6-12-30-59(50)67)65-35-17-28-55-53-26-9-16-34-63(53)68(66(55)65)61-32-14-7-24-51(61)52-25-8-15-33-62(52)68/h1-41H. The quantitative estimate of drug-likeness (QED) is 0.160. The van der Waals surface area contributed by atoms with E-state index in [-0.39, 0.29) is 0 Å². The molecule has 12 aromatic carbocycles. The van der Waals surface area contributed by atoms with Crippen LogP contribution in [-0.4, -0.2) is 0 Å². The Balaban J connectivity index is 1.03. The van der Waals surface area contributed by atoms with Crippen LogP contribution in [0.2, 0.25) is 0 Å². The van der Waals surface area contributed by atoms with Gasteiger partial charge in [-0.2, -0.15) is 0 Å². The first-order valence-corrected chi connectivity index (χ1v) is 24.3. The molecule has 4 aliphatic carbocycles. The van der Waals surface area contributed by atoms with Crippen molar-refractivity contribution in [1.29, 1.82) is 0 Å². The minimum Gasteiger partial charge on any atom is -0.310 e. The molecule has 0 amide bonds. The second kappa shape index (κ2) is 13.4. The zero-order valence-corrected chi connectivity index (χ0v) is 37.6. The topological polar surface area (TPSA) is 3.24 Å². The SMILES string of the molecule is c1ccc2c(c1)-c1ccccc1C21c2ccccc2-c2cc(N(c3ccc4c5ccccc5c5ccccc5c4c3)c3cccc4c3C3(c5ccccc5-c5ccccc53)c3ccccc3-4)ccc21. The first-order chi connectivity index (χ1) is 34.3. The number of benzene rings is 12. The Morgan fingerprint density at radius 1 is 0.217 bits per heavy atom. The van der Waals surface area contributed by atoms with Crippen LogP contribution in [0.15, 0.2) is 249 Å². The molecular weight excluding hydrogens is 831 g/mol. The van der Waals surface area contributed by atoms with Crippen molar-refractivity contribution in [2.75, 3.05) is 4.90 Å². The largest absolute Gasteiger partial charge is 0.310 e. The van der Waals surface area contributed by atoms with E-state index in [0.29, 0.717) is 0 Å². The van der Waals surface area contributed by atoms with Crippen molar-refractivity contribution in [1.82, 2.24) is 0 Å². The van der Waals surface area contributed by atoms with E-state index in [1.54, 1.807) is 0 Å². The maximum atomic E-state index is 2.60. The fraction of sp³-hybridized carbons (Fsp3) is 0.0294. The Hall–Kier alpha value is -8.78.